The van der Waals surface area contributed by atoms with Gasteiger partial charge in [0.25, 0.3) is 0 Å². The molecule has 4 aromatic carbocycles. The number of aliphatic carboxylic acids is 1. The van der Waals surface area contributed by atoms with E-state index in [0.717, 1.165) is 17.9 Å². The Morgan fingerprint density at radius 2 is 1.60 bits per heavy atom. The van der Waals surface area contributed by atoms with Crippen LogP contribution in [0.3, 0.4) is 0 Å². The highest BCUT2D eigenvalue weighted by atomic mass is 32.2. The SMILES string of the molecule is Cc1c(NS(C)(=O)=O)cccc1N(Cc1ccc(Oc2cccc(OC[C@@H](O)C[C@H](O)CC(=O)O)c2)cc1)Cc1ccc(F)cc1F. The summed E-state index contributed by atoms with van der Waals surface area (Å²) >= 11 is 0. The van der Waals surface area contributed by atoms with Gasteiger partial charge in [-0.1, -0.05) is 30.3 Å². The van der Waals surface area contributed by atoms with Crippen LogP contribution in [0.15, 0.2) is 84.9 Å². The number of ether oxygens (including phenoxy) is 2. The van der Waals surface area contributed by atoms with E-state index in [2.05, 4.69) is 4.72 Å². The number of anilines is 2. The number of halogens is 2. The summed E-state index contributed by atoms with van der Waals surface area (Å²) in [6.07, 6.45) is -1.82. The molecule has 0 spiro atoms. The fourth-order valence-corrected chi connectivity index (χ4v) is 5.49. The number of carboxylic acid groups (broad SMARTS) is 1. The lowest BCUT2D eigenvalue weighted by atomic mass is 10.1. The summed E-state index contributed by atoms with van der Waals surface area (Å²) in [6, 6.07) is 22.4. The number of nitrogens with zero attached hydrogens (tertiary/aromatic N) is 1. The second kappa shape index (κ2) is 15.7. The lowest BCUT2D eigenvalue weighted by Crippen LogP contribution is -2.25. The summed E-state index contributed by atoms with van der Waals surface area (Å²) in [5.41, 5.74) is 2.76. The summed E-state index contributed by atoms with van der Waals surface area (Å²) in [4.78, 5) is 12.6. The minimum Gasteiger partial charge on any atom is -0.491 e. The van der Waals surface area contributed by atoms with Crippen LogP contribution in [-0.2, 0) is 27.9 Å². The number of nitrogens with one attached hydrogen (secondary N) is 1. The number of aliphatic hydroxyl groups is 2. The van der Waals surface area contributed by atoms with E-state index in [1.165, 1.54) is 12.1 Å². The Labute approximate surface area is 271 Å². The highest BCUT2D eigenvalue weighted by molar-refractivity contribution is 7.92. The van der Waals surface area contributed by atoms with Crippen LogP contribution in [-0.4, -0.2) is 54.8 Å². The normalized spacial score (nSPS) is 12.6. The summed E-state index contributed by atoms with van der Waals surface area (Å²) in [5.74, 6) is -1.18. The lowest BCUT2D eigenvalue weighted by Gasteiger charge is -2.28. The molecule has 10 nitrogen and oxygen atoms in total. The van der Waals surface area contributed by atoms with E-state index in [0.29, 0.717) is 40.7 Å². The Kier molecular flexibility index (Phi) is 11.8. The highest BCUT2D eigenvalue weighted by Gasteiger charge is 2.18. The molecule has 0 fully saturated rings. The summed E-state index contributed by atoms with van der Waals surface area (Å²) in [7, 11) is -3.55. The van der Waals surface area contributed by atoms with Crippen molar-refractivity contribution in [3.63, 3.8) is 0 Å². The standard InChI is InChI=1S/C34H36F2N2O8S/c1-22-32(37-47(2,43)44)7-4-8-33(22)38(20-24-11-12-25(35)15-31(24)36)19-23-9-13-28(14-10-23)46-30-6-3-5-29(18-30)45-21-27(40)16-26(39)17-34(41)42/h3-15,18,26-27,37,39-40H,16-17,19-21H2,1-2H3,(H,41,42)/t26-,27-/m0/s1. The van der Waals surface area contributed by atoms with Gasteiger partial charge in [0.2, 0.25) is 10.0 Å². The maximum atomic E-state index is 14.7. The monoisotopic (exact) mass is 670 g/mol. The summed E-state index contributed by atoms with van der Waals surface area (Å²) in [6.45, 7) is 1.98. The van der Waals surface area contributed by atoms with Gasteiger partial charge in [-0.3, -0.25) is 9.52 Å². The molecular weight excluding hydrogens is 634 g/mol. The zero-order chi connectivity index (χ0) is 34.1. The minimum atomic E-state index is -3.55. The van der Waals surface area contributed by atoms with Crippen LogP contribution in [0.2, 0.25) is 0 Å². The third-order valence-electron chi connectivity index (χ3n) is 7.05. The molecule has 0 saturated heterocycles. The van der Waals surface area contributed by atoms with Crippen LogP contribution in [0.25, 0.3) is 0 Å². The molecule has 4 N–H and O–H groups in total. The first-order chi connectivity index (χ1) is 22.3. The molecule has 0 unspecified atom stereocenters. The van der Waals surface area contributed by atoms with Crippen molar-refractivity contribution in [3.8, 4) is 17.2 Å². The number of carbonyl (C=O) groups is 1. The molecule has 4 aromatic rings. The van der Waals surface area contributed by atoms with Crippen molar-refractivity contribution in [3.05, 3.63) is 113 Å². The Balaban J connectivity index is 1.47. The first-order valence-electron chi connectivity index (χ1n) is 14.6. The molecule has 13 heteroatoms. The van der Waals surface area contributed by atoms with Gasteiger partial charge in [0.1, 0.15) is 35.5 Å². The van der Waals surface area contributed by atoms with Gasteiger partial charge in [0, 0.05) is 42.9 Å². The van der Waals surface area contributed by atoms with Crippen molar-refractivity contribution < 1.29 is 46.8 Å². The molecule has 2 atom stereocenters. The zero-order valence-electron chi connectivity index (χ0n) is 25.8. The van der Waals surface area contributed by atoms with Gasteiger partial charge in [-0.25, -0.2) is 17.2 Å². The predicted octanol–water partition coefficient (Wildman–Crippen LogP) is 5.61. The Morgan fingerprint density at radius 3 is 2.28 bits per heavy atom. The number of sulfonamides is 1. The number of carboxylic acids is 1. The van der Waals surface area contributed by atoms with E-state index in [4.69, 9.17) is 14.6 Å². The van der Waals surface area contributed by atoms with E-state index < -0.39 is 46.3 Å². The first-order valence-corrected chi connectivity index (χ1v) is 16.5. The van der Waals surface area contributed by atoms with Crippen molar-refractivity contribution in [2.75, 3.05) is 22.5 Å². The van der Waals surface area contributed by atoms with Gasteiger partial charge in [0.05, 0.1) is 30.6 Å². The molecule has 0 radical (unpaired) electrons. The fraction of sp³-hybridized carbons (Fsp3) is 0.265. The molecular formula is C34H36F2N2O8S. The molecule has 0 aromatic heterocycles. The molecule has 47 heavy (non-hydrogen) atoms. The van der Waals surface area contributed by atoms with Crippen LogP contribution < -0.4 is 19.1 Å². The van der Waals surface area contributed by atoms with Crippen LogP contribution in [0.1, 0.15) is 29.5 Å². The molecule has 0 amide bonds. The second-order valence-electron chi connectivity index (χ2n) is 11.1. The molecule has 250 valence electrons. The maximum Gasteiger partial charge on any atom is 0.305 e. The van der Waals surface area contributed by atoms with Crippen molar-refractivity contribution in [2.24, 2.45) is 0 Å². The van der Waals surface area contributed by atoms with Crippen molar-refractivity contribution >= 4 is 27.4 Å². The maximum absolute atomic E-state index is 14.7. The average molecular weight is 671 g/mol. The van der Waals surface area contributed by atoms with Gasteiger partial charge < -0.3 is 29.7 Å². The summed E-state index contributed by atoms with van der Waals surface area (Å²) in [5, 5.41) is 28.5. The number of hydrogen-bond donors (Lipinski definition) is 4. The van der Waals surface area contributed by atoms with Gasteiger partial charge in [-0.2, -0.15) is 0 Å². The molecule has 0 aliphatic heterocycles. The van der Waals surface area contributed by atoms with Gasteiger partial charge in [-0.15, -0.1) is 0 Å². The third-order valence-corrected chi connectivity index (χ3v) is 7.64. The second-order valence-corrected chi connectivity index (χ2v) is 12.8. The van der Waals surface area contributed by atoms with Crippen molar-refractivity contribution in [2.45, 2.75) is 45.1 Å². The third kappa shape index (κ3) is 10.9. The van der Waals surface area contributed by atoms with E-state index in [1.807, 2.05) is 17.0 Å². The van der Waals surface area contributed by atoms with E-state index in [-0.39, 0.29) is 25.1 Å². The quantitative estimate of drug-likeness (QED) is 0.120. The van der Waals surface area contributed by atoms with Gasteiger partial charge >= 0.3 is 5.97 Å². The molecule has 0 heterocycles. The Hall–Kier alpha value is -4.72. The number of benzene rings is 4. The van der Waals surface area contributed by atoms with E-state index >= 15 is 0 Å². The zero-order valence-corrected chi connectivity index (χ0v) is 26.6. The van der Waals surface area contributed by atoms with Crippen LogP contribution >= 0.6 is 0 Å². The van der Waals surface area contributed by atoms with Crippen LogP contribution in [0.5, 0.6) is 17.2 Å². The van der Waals surface area contributed by atoms with Gasteiger partial charge in [0.15, 0.2) is 0 Å². The Morgan fingerprint density at radius 1 is 0.894 bits per heavy atom. The Bertz CT molecular complexity index is 1790. The molecule has 0 bridgehead atoms. The lowest BCUT2D eigenvalue weighted by molar-refractivity contribution is -0.139. The molecule has 0 aliphatic carbocycles. The minimum absolute atomic E-state index is 0.0769. The summed E-state index contributed by atoms with van der Waals surface area (Å²) < 4.78 is 66.3. The first kappa shape index (κ1) is 35.1. The number of aliphatic hydroxyl groups excluding tert-OH is 2. The molecule has 0 saturated carbocycles. The number of hydrogen-bond acceptors (Lipinski definition) is 8. The van der Waals surface area contributed by atoms with E-state index in [1.54, 1.807) is 61.5 Å². The fourth-order valence-electron chi connectivity index (χ4n) is 4.86. The van der Waals surface area contributed by atoms with Gasteiger partial charge in [-0.05, 0) is 60.5 Å². The average Bonchev–Trinajstić information content (AvgIpc) is 2.98. The number of rotatable bonds is 16. The molecule has 0 aliphatic rings. The van der Waals surface area contributed by atoms with Crippen molar-refractivity contribution in [1.82, 2.24) is 0 Å². The van der Waals surface area contributed by atoms with Crippen molar-refractivity contribution in [1.29, 1.82) is 0 Å². The largest absolute Gasteiger partial charge is 0.491 e. The highest BCUT2D eigenvalue weighted by Crippen LogP contribution is 2.31. The molecule has 4 rings (SSSR count). The van der Waals surface area contributed by atoms with Crippen LogP contribution in [0, 0.1) is 18.6 Å². The van der Waals surface area contributed by atoms with E-state index in [9.17, 15) is 32.2 Å². The van der Waals surface area contributed by atoms with Crippen LogP contribution in [0.4, 0.5) is 20.2 Å². The smallest absolute Gasteiger partial charge is 0.305 e. The topological polar surface area (TPSA) is 146 Å². The predicted molar refractivity (Wildman–Crippen MR) is 173 cm³/mol.